The Kier molecular flexibility index (Phi) is 5.02. The van der Waals surface area contributed by atoms with Crippen LogP contribution in [0.1, 0.15) is 32.8 Å². The molecule has 4 heteroatoms. The van der Waals surface area contributed by atoms with E-state index in [2.05, 4.69) is 41.4 Å². The van der Waals surface area contributed by atoms with Gasteiger partial charge in [0.15, 0.2) is 0 Å². The van der Waals surface area contributed by atoms with E-state index < -0.39 is 0 Å². The summed E-state index contributed by atoms with van der Waals surface area (Å²) < 4.78 is 0. The highest BCUT2D eigenvalue weighted by Crippen LogP contribution is 2.20. The van der Waals surface area contributed by atoms with Gasteiger partial charge in [-0.25, -0.2) is 9.97 Å². The highest BCUT2D eigenvalue weighted by molar-refractivity contribution is 5.57. The molecule has 1 unspecified atom stereocenters. The van der Waals surface area contributed by atoms with Crippen LogP contribution in [0.5, 0.6) is 0 Å². The van der Waals surface area contributed by atoms with Crippen molar-refractivity contribution in [3.05, 3.63) is 11.9 Å². The van der Waals surface area contributed by atoms with Gasteiger partial charge in [-0.15, -0.1) is 0 Å². The molecular formula is C12H22N4. The van der Waals surface area contributed by atoms with Crippen LogP contribution in [0.2, 0.25) is 0 Å². The SMILES string of the molecule is CCc1c(NC)ncnc1NCC(C)CC. The largest absolute Gasteiger partial charge is 0.373 e. The molecule has 1 rings (SSSR count). The summed E-state index contributed by atoms with van der Waals surface area (Å²) in [5.41, 5.74) is 1.16. The maximum absolute atomic E-state index is 4.30. The minimum atomic E-state index is 0.665. The van der Waals surface area contributed by atoms with E-state index in [-0.39, 0.29) is 0 Å². The van der Waals surface area contributed by atoms with Gasteiger partial charge in [-0.1, -0.05) is 27.2 Å². The quantitative estimate of drug-likeness (QED) is 0.776. The standard InChI is InChI=1S/C12H22N4/c1-5-9(3)7-14-12-10(6-2)11(13-4)15-8-16-12/h8-9H,5-7H2,1-4H3,(H2,13,14,15,16). The minimum Gasteiger partial charge on any atom is -0.373 e. The zero-order valence-corrected chi connectivity index (χ0v) is 10.7. The molecule has 0 aliphatic carbocycles. The van der Waals surface area contributed by atoms with E-state index in [1.807, 2.05) is 7.05 Å². The Morgan fingerprint density at radius 2 is 1.94 bits per heavy atom. The Balaban J connectivity index is 2.78. The number of aromatic nitrogens is 2. The van der Waals surface area contributed by atoms with Crippen molar-refractivity contribution in [3.63, 3.8) is 0 Å². The Morgan fingerprint density at radius 3 is 2.50 bits per heavy atom. The molecule has 16 heavy (non-hydrogen) atoms. The first-order valence-corrected chi connectivity index (χ1v) is 5.98. The molecule has 0 aliphatic rings. The number of nitrogens with one attached hydrogen (secondary N) is 2. The first kappa shape index (κ1) is 12.7. The van der Waals surface area contributed by atoms with E-state index in [4.69, 9.17) is 0 Å². The van der Waals surface area contributed by atoms with Crippen molar-refractivity contribution in [2.75, 3.05) is 24.2 Å². The molecule has 0 bridgehead atoms. The average molecular weight is 222 g/mol. The predicted octanol–water partition coefficient (Wildman–Crippen LogP) is 2.54. The maximum atomic E-state index is 4.30. The monoisotopic (exact) mass is 222 g/mol. The molecule has 0 fully saturated rings. The second-order valence-electron chi connectivity index (χ2n) is 4.05. The molecule has 0 aliphatic heterocycles. The van der Waals surface area contributed by atoms with Gasteiger partial charge in [0.05, 0.1) is 0 Å². The molecule has 90 valence electrons. The van der Waals surface area contributed by atoms with Gasteiger partial charge in [0.2, 0.25) is 0 Å². The van der Waals surface area contributed by atoms with E-state index in [0.717, 1.165) is 30.2 Å². The van der Waals surface area contributed by atoms with Gasteiger partial charge in [-0.2, -0.15) is 0 Å². The van der Waals surface area contributed by atoms with Gasteiger partial charge in [0, 0.05) is 19.2 Å². The lowest BCUT2D eigenvalue weighted by atomic mass is 10.1. The summed E-state index contributed by atoms with van der Waals surface area (Å²) in [5, 5.41) is 6.50. The predicted molar refractivity (Wildman–Crippen MR) is 68.9 cm³/mol. The maximum Gasteiger partial charge on any atom is 0.134 e. The summed E-state index contributed by atoms with van der Waals surface area (Å²) in [6.45, 7) is 7.52. The van der Waals surface area contributed by atoms with E-state index in [0.29, 0.717) is 5.92 Å². The van der Waals surface area contributed by atoms with Crippen molar-refractivity contribution in [1.29, 1.82) is 0 Å². The van der Waals surface area contributed by atoms with E-state index in [1.54, 1.807) is 6.33 Å². The fraction of sp³-hybridized carbons (Fsp3) is 0.667. The van der Waals surface area contributed by atoms with Gasteiger partial charge >= 0.3 is 0 Å². The van der Waals surface area contributed by atoms with Crippen LogP contribution >= 0.6 is 0 Å². The van der Waals surface area contributed by atoms with E-state index >= 15 is 0 Å². The van der Waals surface area contributed by atoms with Crippen LogP contribution in [0.25, 0.3) is 0 Å². The number of hydrogen-bond acceptors (Lipinski definition) is 4. The Morgan fingerprint density at radius 1 is 1.25 bits per heavy atom. The topological polar surface area (TPSA) is 49.8 Å². The second-order valence-corrected chi connectivity index (χ2v) is 4.05. The molecule has 1 heterocycles. The molecule has 0 aromatic carbocycles. The molecule has 0 amide bonds. The summed E-state index contributed by atoms with van der Waals surface area (Å²) in [7, 11) is 1.89. The highest BCUT2D eigenvalue weighted by Gasteiger charge is 2.08. The van der Waals surface area contributed by atoms with Gasteiger partial charge < -0.3 is 10.6 Å². The summed E-state index contributed by atoms with van der Waals surface area (Å²) >= 11 is 0. The minimum absolute atomic E-state index is 0.665. The van der Waals surface area contributed by atoms with Crippen molar-refractivity contribution in [2.24, 2.45) is 5.92 Å². The van der Waals surface area contributed by atoms with Crippen LogP contribution in [0.3, 0.4) is 0 Å². The lowest BCUT2D eigenvalue weighted by molar-refractivity contribution is 0.592. The van der Waals surface area contributed by atoms with Crippen molar-refractivity contribution < 1.29 is 0 Å². The third-order valence-electron chi connectivity index (χ3n) is 2.85. The lowest BCUT2D eigenvalue weighted by Gasteiger charge is -2.15. The highest BCUT2D eigenvalue weighted by atomic mass is 15.1. The van der Waals surface area contributed by atoms with Gasteiger partial charge in [-0.05, 0) is 12.3 Å². The van der Waals surface area contributed by atoms with Crippen LogP contribution in [0.15, 0.2) is 6.33 Å². The zero-order chi connectivity index (χ0) is 12.0. The molecule has 1 aromatic rings. The van der Waals surface area contributed by atoms with Crippen molar-refractivity contribution in [3.8, 4) is 0 Å². The fourth-order valence-corrected chi connectivity index (χ4v) is 1.53. The molecule has 0 radical (unpaired) electrons. The fourth-order valence-electron chi connectivity index (χ4n) is 1.53. The summed E-state index contributed by atoms with van der Waals surface area (Å²) in [6.07, 6.45) is 3.71. The first-order chi connectivity index (χ1) is 7.72. The molecule has 0 saturated heterocycles. The normalized spacial score (nSPS) is 12.2. The molecule has 2 N–H and O–H groups in total. The van der Waals surface area contributed by atoms with Crippen LogP contribution in [0.4, 0.5) is 11.6 Å². The second kappa shape index (κ2) is 6.30. The lowest BCUT2D eigenvalue weighted by Crippen LogP contribution is -2.14. The van der Waals surface area contributed by atoms with Crippen LogP contribution in [0, 0.1) is 5.92 Å². The summed E-state index contributed by atoms with van der Waals surface area (Å²) in [4.78, 5) is 8.52. The molecule has 1 aromatic heterocycles. The average Bonchev–Trinajstić information content (AvgIpc) is 2.34. The molecule has 1 atom stereocenters. The molecule has 4 nitrogen and oxygen atoms in total. The summed E-state index contributed by atoms with van der Waals surface area (Å²) in [5.74, 6) is 2.55. The van der Waals surface area contributed by atoms with Gasteiger partial charge in [-0.3, -0.25) is 0 Å². The van der Waals surface area contributed by atoms with Gasteiger partial charge in [0.25, 0.3) is 0 Å². The van der Waals surface area contributed by atoms with Crippen LogP contribution < -0.4 is 10.6 Å². The molecular weight excluding hydrogens is 200 g/mol. The molecule has 0 saturated carbocycles. The van der Waals surface area contributed by atoms with Crippen LogP contribution in [-0.4, -0.2) is 23.6 Å². The Labute approximate surface area is 97.9 Å². The molecule has 0 spiro atoms. The van der Waals surface area contributed by atoms with Crippen LogP contribution in [-0.2, 0) is 6.42 Å². The number of nitrogens with zero attached hydrogens (tertiary/aromatic N) is 2. The number of anilines is 2. The van der Waals surface area contributed by atoms with E-state index in [1.165, 1.54) is 6.42 Å². The number of rotatable bonds is 6. The van der Waals surface area contributed by atoms with Crippen molar-refractivity contribution in [2.45, 2.75) is 33.6 Å². The Hall–Kier alpha value is -1.32. The third-order valence-corrected chi connectivity index (χ3v) is 2.85. The smallest absolute Gasteiger partial charge is 0.134 e. The Bertz CT molecular complexity index is 325. The van der Waals surface area contributed by atoms with Crippen molar-refractivity contribution in [1.82, 2.24) is 9.97 Å². The summed E-state index contributed by atoms with van der Waals surface area (Å²) in [6, 6.07) is 0. The van der Waals surface area contributed by atoms with Gasteiger partial charge in [0.1, 0.15) is 18.0 Å². The zero-order valence-electron chi connectivity index (χ0n) is 10.7. The first-order valence-electron chi connectivity index (χ1n) is 5.98. The van der Waals surface area contributed by atoms with Crippen molar-refractivity contribution >= 4 is 11.6 Å². The number of hydrogen-bond donors (Lipinski definition) is 2. The van der Waals surface area contributed by atoms with E-state index in [9.17, 15) is 0 Å². The third kappa shape index (κ3) is 3.08.